The van der Waals surface area contributed by atoms with Gasteiger partial charge in [0.1, 0.15) is 12.6 Å². The van der Waals surface area contributed by atoms with Gasteiger partial charge in [-0.25, -0.2) is 4.79 Å². The van der Waals surface area contributed by atoms with Gasteiger partial charge in [-0.05, 0) is 30.5 Å². The molecule has 2 amide bonds. The minimum atomic E-state index is -0.696. The van der Waals surface area contributed by atoms with E-state index in [1.807, 2.05) is 61.5 Å². The lowest BCUT2D eigenvalue weighted by molar-refractivity contribution is -0.117. The molecule has 0 fully saturated rings. The van der Waals surface area contributed by atoms with E-state index in [-0.39, 0.29) is 12.5 Å². The molecule has 0 spiro atoms. The maximum absolute atomic E-state index is 12.2. The topological polar surface area (TPSA) is 67.4 Å². The van der Waals surface area contributed by atoms with Gasteiger partial charge >= 0.3 is 6.09 Å². The predicted octanol–water partition coefficient (Wildman–Crippen LogP) is 3.50. The van der Waals surface area contributed by atoms with Crippen molar-refractivity contribution in [2.24, 2.45) is 0 Å². The van der Waals surface area contributed by atoms with E-state index in [2.05, 4.69) is 10.6 Å². The second kappa shape index (κ2) is 8.72. The Kier molecular flexibility index (Phi) is 6.37. The van der Waals surface area contributed by atoms with Gasteiger partial charge in [-0.2, -0.15) is 0 Å². The van der Waals surface area contributed by atoms with Gasteiger partial charge in [0, 0.05) is 5.69 Å². The van der Waals surface area contributed by atoms with Crippen LogP contribution in [0.25, 0.3) is 0 Å². The standard InChI is InChI=1S/C19H22N2O3/c1-3-16-11-7-8-12-17(16)21-18(22)14(2)20-19(23)24-13-15-9-5-4-6-10-15/h4-12,14H,3,13H2,1-2H3,(H,20,23)(H,21,22). The van der Waals surface area contributed by atoms with E-state index in [0.717, 1.165) is 23.2 Å². The summed E-state index contributed by atoms with van der Waals surface area (Å²) in [7, 11) is 0. The molecule has 0 aromatic heterocycles. The fourth-order valence-corrected chi connectivity index (χ4v) is 2.20. The van der Waals surface area contributed by atoms with Crippen LogP contribution in [0.2, 0.25) is 0 Å². The van der Waals surface area contributed by atoms with Crippen LogP contribution in [0.5, 0.6) is 0 Å². The van der Waals surface area contributed by atoms with Gasteiger partial charge in [0.25, 0.3) is 0 Å². The first-order valence-electron chi connectivity index (χ1n) is 7.96. The smallest absolute Gasteiger partial charge is 0.408 e. The normalized spacial score (nSPS) is 11.4. The second-order valence-corrected chi connectivity index (χ2v) is 5.43. The molecule has 126 valence electrons. The summed E-state index contributed by atoms with van der Waals surface area (Å²) in [6, 6.07) is 16.3. The summed E-state index contributed by atoms with van der Waals surface area (Å²) in [4.78, 5) is 24.0. The lowest BCUT2D eigenvalue weighted by atomic mass is 10.1. The van der Waals surface area contributed by atoms with Crippen molar-refractivity contribution in [2.75, 3.05) is 5.32 Å². The molecule has 0 saturated carbocycles. The molecule has 2 aromatic carbocycles. The van der Waals surface area contributed by atoms with E-state index in [1.165, 1.54) is 0 Å². The van der Waals surface area contributed by atoms with Crippen LogP contribution in [0.3, 0.4) is 0 Å². The van der Waals surface area contributed by atoms with Crippen LogP contribution in [0, 0.1) is 0 Å². The zero-order chi connectivity index (χ0) is 17.4. The monoisotopic (exact) mass is 326 g/mol. The molecule has 0 bridgehead atoms. The van der Waals surface area contributed by atoms with Crippen molar-refractivity contribution in [1.82, 2.24) is 5.32 Å². The number of hydrogen-bond acceptors (Lipinski definition) is 3. The third kappa shape index (κ3) is 5.12. The number of alkyl carbamates (subject to hydrolysis) is 1. The van der Waals surface area contributed by atoms with Gasteiger partial charge in [-0.1, -0.05) is 55.5 Å². The summed E-state index contributed by atoms with van der Waals surface area (Å²) in [5.41, 5.74) is 2.70. The van der Waals surface area contributed by atoms with Crippen LogP contribution in [-0.4, -0.2) is 18.0 Å². The number of para-hydroxylation sites is 1. The Morgan fingerprint density at radius 3 is 2.42 bits per heavy atom. The Balaban J connectivity index is 1.83. The first kappa shape index (κ1) is 17.5. The maximum Gasteiger partial charge on any atom is 0.408 e. The van der Waals surface area contributed by atoms with E-state index in [4.69, 9.17) is 4.74 Å². The highest BCUT2D eigenvalue weighted by Crippen LogP contribution is 2.15. The van der Waals surface area contributed by atoms with Gasteiger partial charge in [-0.3, -0.25) is 4.79 Å². The quantitative estimate of drug-likeness (QED) is 0.854. The molecule has 0 aliphatic rings. The predicted molar refractivity (Wildman–Crippen MR) is 93.7 cm³/mol. The molecule has 0 saturated heterocycles. The molecule has 5 nitrogen and oxygen atoms in total. The van der Waals surface area contributed by atoms with Gasteiger partial charge in [0.15, 0.2) is 0 Å². The van der Waals surface area contributed by atoms with Crippen molar-refractivity contribution in [1.29, 1.82) is 0 Å². The summed E-state index contributed by atoms with van der Waals surface area (Å²) in [5.74, 6) is -0.285. The Bertz CT molecular complexity index is 686. The number of anilines is 1. The number of rotatable bonds is 6. The highest BCUT2D eigenvalue weighted by molar-refractivity contribution is 5.96. The van der Waals surface area contributed by atoms with Gasteiger partial charge in [0.05, 0.1) is 0 Å². The van der Waals surface area contributed by atoms with Crippen molar-refractivity contribution in [2.45, 2.75) is 32.9 Å². The molecule has 1 unspecified atom stereocenters. The number of carbonyl (C=O) groups is 2. The van der Waals surface area contributed by atoms with Crippen LogP contribution in [0.1, 0.15) is 25.0 Å². The van der Waals surface area contributed by atoms with Crippen LogP contribution < -0.4 is 10.6 Å². The fraction of sp³-hybridized carbons (Fsp3) is 0.263. The molecule has 5 heteroatoms. The minimum absolute atomic E-state index is 0.166. The van der Waals surface area contributed by atoms with Crippen LogP contribution in [0.4, 0.5) is 10.5 Å². The van der Waals surface area contributed by atoms with E-state index in [0.29, 0.717) is 0 Å². The van der Waals surface area contributed by atoms with Crippen molar-refractivity contribution in [3.8, 4) is 0 Å². The summed E-state index contributed by atoms with van der Waals surface area (Å²) < 4.78 is 5.11. The Morgan fingerprint density at radius 1 is 1.04 bits per heavy atom. The highest BCUT2D eigenvalue weighted by Gasteiger charge is 2.17. The number of ether oxygens (including phenoxy) is 1. The molecular formula is C19H22N2O3. The Labute approximate surface area is 142 Å². The Morgan fingerprint density at radius 2 is 1.71 bits per heavy atom. The summed E-state index contributed by atoms with van der Waals surface area (Å²) in [6.07, 6.45) is 0.197. The molecule has 0 radical (unpaired) electrons. The Hall–Kier alpha value is -2.82. The van der Waals surface area contributed by atoms with Crippen molar-refractivity contribution in [3.63, 3.8) is 0 Å². The van der Waals surface area contributed by atoms with Gasteiger partial charge in [0.2, 0.25) is 5.91 Å². The van der Waals surface area contributed by atoms with E-state index in [9.17, 15) is 9.59 Å². The third-order valence-electron chi connectivity index (χ3n) is 3.60. The zero-order valence-electron chi connectivity index (χ0n) is 13.9. The number of aryl methyl sites for hydroxylation is 1. The average molecular weight is 326 g/mol. The van der Waals surface area contributed by atoms with E-state index < -0.39 is 12.1 Å². The molecule has 2 aromatic rings. The second-order valence-electron chi connectivity index (χ2n) is 5.43. The van der Waals surface area contributed by atoms with Crippen molar-refractivity contribution < 1.29 is 14.3 Å². The highest BCUT2D eigenvalue weighted by atomic mass is 16.5. The van der Waals surface area contributed by atoms with Crippen molar-refractivity contribution in [3.05, 3.63) is 65.7 Å². The lowest BCUT2D eigenvalue weighted by Gasteiger charge is -2.15. The maximum atomic E-state index is 12.2. The lowest BCUT2D eigenvalue weighted by Crippen LogP contribution is -2.41. The molecule has 24 heavy (non-hydrogen) atoms. The molecule has 0 heterocycles. The number of carbonyl (C=O) groups excluding carboxylic acids is 2. The third-order valence-corrected chi connectivity index (χ3v) is 3.60. The molecule has 0 aliphatic carbocycles. The molecular weight excluding hydrogens is 304 g/mol. The number of nitrogens with one attached hydrogen (secondary N) is 2. The molecule has 2 rings (SSSR count). The van der Waals surface area contributed by atoms with Gasteiger partial charge < -0.3 is 15.4 Å². The first-order valence-corrected chi connectivity index (χ1v) is 7.96. The first-order chi connectivity index (χ1) is 11.6. The summed E-state index contributed by atoms with van der Waals surface area (Å²) in [6.45, 7) is 3.81. The molecule has 1 atom stereocenters. The largest absolute Gasteiger partial charge is 0.445 e. The van der Waals surface area contributed by atoms with Gasteiger partial charge in [-0.15, -0.1) is 0 Å². The van der Waals surface area contributed by atoms with Crippen LogP contribution in [0.15, 0.2) is 54.6 Å². The summed E-state index contributed by atoms with van der Waals surface area (Å²) >= 11 is 0. The number of amides is 2. The SMILES string of the molecule is CCc1ccccc1NC(=O)C(C)NC(=O)OCc1ccccc1. The minimum Gasteiger partial charge on any atom is -0.445 e. The average Bonchev–Trinajstić information content (AvgIpc) is 2.61. The number of hydrogen-bond donors (Lipinski definition) is 2. The van der Waals surface area contributed by atoms with E-state index >= 15 is 0 Å². The number of benzene rings is 2. The van der Waals surface area contributed by atoms with E-state index in [1.54, 1.807) is 6.92 Å². The fourth-order valence-electron chi connectivity index (χ4n) is 2.20. The van der Waals surface area contributed by atoms with Crippen LogP contribution >= 0.6 is 0 Å². The molecule has 0 aliphatic heterocycles. The zero-order valence-corrected chi connectivity index (χ0v) is 13.9. The molecule has 2 N–H and O–H groups in total. The van der Waals surface area contributed by atoms with Crippen LogP contribution in [-0.2, 0) is 22.6 Å². The van der Waals surface area contributed by atoms with Crippen molar-refractivity contribution >= 4 is 17.7 Å². The summed E-state index contributed by atoms with van der Waals surface area (Å²) in [5, 5.41) is 5.37.